The topological polar surface area (TPSA) is 38.7 Å². The van der Waals surface area contributed by atoms with Crippen LogP contribution in [-0.4, -0.2) is 35.6 Å². The van der Waals surface area contributed by atoms with Crippen molar-refractivity contribution < 1.29 is 14.6 Å². The van der Waals surface area contributed by atoms with Crippen LogP contribution in [0.15, 0.2) is 0 Å². The summed E-state index contributed by atoms with van der Waals surface area (Å²) in [6, 6.07) is 0. The zero-order valence-corrected chi connectivity index (χ0v) is 17.3. The average molecular weight is 379 g/mol. The van der Waals surface area contributed by atoms with Gasteiger partial charge in [-0.05, 0) is 102 Å². The third kappa shape index (κ3) is 5.93. The Kier molecular flexibility index (Phi) is 7.52. The van der Waals surface area contributed by atoms with E-state index in [-0.39, 0.29) is 6.10 Å². The molecule has 3 nitrogen and oxygen atoms in total. The highest BCUT2D eigenvalue weighted by Gasteiger charge is 2.33. The van der Waals surface area contributed by atoms with Crippen molar-refractivity contribution >= 4 is 0 Å². The second kappa shape index (κ2) is 10.1. The van der Waals surface area contributed by atoms with Crippen LogP contribution in [0.2, 0.25) is 0 Å². The van der Waals surface area contributed by atoms with Crippen LogP contribution in [0.4, 0.5) is 0 Å². The first-order chi connectivity index (χ1) is 13.3. The van der Waals surface area contributed by atoms with Gasteiger partial charge in [0.25, 0.3) is 0 Å². The monoisotopic (exact) mass is 378 g/mol. The molecule has 0 spiro atoms. The molecule has 27 heavy (non-hydrogen) atoms. The fraction of sp³-hybridized carbons (Fsp3) is 1.00. The van der Waals surface area contributed by atoms with Gasteiger partial charge in [0.15, 0.2) is 0 Å². The van der Waals surface area contributed by atoms with Gasteiger partial charge in [0.1, 0.15) is 0 Å². The number of hydrogen-bond donors (Lipinski definition) is 1. The third-order valence-electron chi connectivity index (χ3n) is 8.02. The molecule has 0 radical (unpaired) electrons. The number of ether oxygens (including phenoxy) is 2. The van der Waals surface area contributed by atoms with Crippen molar-refractivity contribution in [3.8, 4) is 0 Å². The molecule has 0 aromatic rings. The maximum Gasteiger partial charge on any atom is 0.0603 e. The smallest absolute Gasteiger partial charge is 0.0603 e. The lowest BCUT2D eigenvalue weighted by Gasteiger charge is -2.39. The molecule has 3 heteroatoms. The summed E-state index contributed by atoms with van der Waals surface area (Å²) in [5.74, 6) is 1.87. The third-order valence-corrected chi connectivity index (χ3v) is 8.02. The highest BCUT2D eigenvalue weighted by molar-refractivity contribution is 4.84. The molecule has 0 saturated heterocycles. The van der Waals surface area contributed by atoms with Crippen molar-refractivity contribution in [2.75, 3.05) is 0 Å². The van der Waals surface area contributed by atoms with Gasteiger partial charge in [-0.1, -0.05) is 19.3 Å². The Morgan fingerprint density at radius 3 is 1.48 bits per heavy atom. The van der Waals surface area contributed by atoms with Crippen LogP contribution >= 0.6 is 0 Å². The first-order valence-electron chi connectivity index (χ1n) is 12.2. The van der Waals surface area contributed by atoms with Gasteiger partial charge in [-0.2, -0.15) is 0 Å². The van der Waals surface area contributed by atoms with Crippen molar-refractivity contribution in [2.24, 2.45) is 11.8 Å². The Morgan fingerprint density at radius 1 is 0.444 bits per heavy atom. The molecule has 1 N–H and O–H groups in total. The van der Waals surface area contributed by atoms with E-state index < -0.39 is 0 Å². The minimum Gasteiger partial charge on any atom is -0.393 e. The van der Waals surface area contributed by atoms with Crippen molar-refractivity contribution in [3.63, 3.8) is 0 Å². The van der Waals surface area contributed by atoms with Crippen LogP contribution in [0.3, 0.4) is 0 Å². The molecule has 0 aromatic heterocycles. The van der Waals surface area contributed by atoms with E-state index in [4.69, 9.17) is 9.47 Å². The summed E-state index contributed by atoms with van der Waals surface area (Å²) < 4.78 is 12.8. The summed E-state index contributed by atoms with van der Waals surface area (Å²) in [4.78, 5) is 0. The molecule has 4 saturated carbocycles. The summed E-state index contributed by atoms with van der Waals surface area (Å²) in [5, 5.41) is 9.86. The van der Waals surface area contributed by atoms with Gasteiger partial charge in [-0.25, -0.2) is 0 Å². The summed E-state index contributed by atoms with van der Waals surface area (Å²) in [6.45, 7) is 0. The van der Waals surface area contributed by atoms with Gasteiger partial charge in [0, 0.05) is 0 Å². The van der Waals surface area contributed by atoms with Crippen molar-refractivity contribution in [1.82, 2.24) is 0 Å². The summed E-state index contributed by atoms with van der Waals surface area (Å²) in [7, 11) is 0. The molecule has 4 aliphatic rings. The van der Waals surface area contributed by atoms with Crippen LogP contribution < -0.4 is 0 Å². The van der Waals surface area contributed by atoms with E-state index in [1.165, 1.54) is 83.5 Å². The minimum atomic E-state index is -0.119. The molecule has 0 bridgehead atoms. The molecular formula is C24H42O3. The molecule has 0 heterocycles. The summed E-state index contributed by atoms with van der Waals surface area (Å²) in [5.41, 5.74) is 0. The van der Waals surface area contributed by atoms with Crippen molar-refractivity contribution in [2.45, 2.75) is 140 Å². The number of aliphatic hydroxyl groups excluding tert-OH is 1. The van der Waals surface area contributed by atoms with E-state index in [9.17, 15) is 5.11 Å². The minimum absolute atomic E-state index is 0.119. The standard InChI is InChI=1S/C24H42O3/c25-20-5-4-8-24(17-20)27-23-15-11-19(12-16-23)18-9-13-22(14-10-18)26-21-6-2-1-3-7-21/h18-25H,1-17H2. The second-order valence-corrected chi connectivity index (χ2v) is 10.0. The van der Waals surface area contributed by atoms with Crippen LogP contribution in [-0.2, 0) is 9.47 Å². The van der Waals surface area contributed by atoms with Gasteiger partial charge in [-0.3, -0.25) is 0 Å². The van der Waals surface area contributed by atoms with E-state index in [0.29, 0.717) is 24.4 Å². The SMILES string of the molecule is OC1CCCC(OC2CCC(C3CCC(OC4CCCCC4)CC3)CC2)C1. The van der Waals surface area contributed by atoms with Crippen molar-refractivity contribution in [3.05, 3.63) is 0 Å². The molecule has 2 unspecified atom stereocenters. The molecule has 0 amide bonds. The zero-order valence-electron chi connectivity index (χ0n) is 17.3. The van der Waals surface area contributed by atoms with E-state index in [1.54, 1.807) is 0 Å². The largest absolute Gasteiger partial charge is 0.393 e. The molecular weight excluding hydrogens is 336 g/mol. The van der Waals surface area contributed by atoms with E-state index in [1.807, 2.05) is 0 Å². The normalized spacial score (nSPS) is 42.1. The zero-order chi connectivity index (χ0) is 18.5. The lowest BCUT2D eigenvalue weighted by Crippen LogP contribution is -2.34. The van der Waals surface area contributed by atoms with E-state index in [0.717, 1.165) is 37.5 Å². The Bertz CT molecular complexity index is 417. The van der Waals surface area contributed by atoms with Crippen LogP contribution in [0.1, 0.15) is 109 Å². The van der Waals surface area contributed by atoms with Crippen molar-refractivity contribution in [1.29, 1.82) is 0 Å². The van der Waals surface area contributed by atoms with Gasteiger partial charge in [-0.15, -0.1) is 0 Å². The van der Waals surface area contributed by atoms with Crippen LogP contribution in [0, 0.1) is 11.8 Å². The maximum atomic E-state index is 9.86. The summed E-state index contributed by atoms with van der Waals surface area (Å²) in [6.07, 6.45) is 23.3. The molecule has 4 aliphatic carbocycles. The highest BCUT2D eigenvalue weighted by atomic mass is 16.5. The molecule has 2 atom stereocenters. The quantitative estimate of drug-likeness (QED) is 0.659. The summed E-state index contributed by atoms with van der Waals surface area (Å²) >= 11 is 0. The highest BCUT2D eigenvalue weighted by Crippen LogP contribution is 2.40. The number of aliphatic hydroxyl groups is 1. The van der Waals surface area contributed by atoms with Gasteiger partial charge in [0.05, 0.1) is 30.5 Å². The predicted molar refractivity (Wildman–Crippen MR) is 109 cm³/mol. The molecule has 4 rings (SSSR count). The van der Waals surface area contributed by atoms with Crippen LogP contribution in [0.25, 0.3) is 0 Å². The van der Waals surface area contributed by atoms with E-state index >= 15 is 0 Å². The maximum absolute atomic E-state index is 9.86. The second-order valence-electron chi connectivity index (χ2n) is 10.0. The van der Waals surface area contributed by atoms with E-state index in [2.05, 4.69) is 0 Å². The van der Waals surface area contributed by atoms with Gasteiger partial charge in [0.2, 0.25) is 0 Å². The Labute approximate surface area is 166 Å². The molecule has 4 fully saturated rings. The lowest BCUT2D eigenvalue weighted by atomic mass is 9.72. The average Bonchev–Trinajstić information content (AvgIpc) is 2.70. The number of hydrogen-bond acceptors (Lipinski definition) is 3. The molecule has 0 aromatic carbocycles. The molecule has 156 valence electrons. The first-order valence-corrected chi connectivity index (χ1v) is 12.2. The first kappa shape index (κ1) is 20.2. The number of rotatable bonds is 5. The fourth-order valence-corrected chi connectivity index (χ4v) is 6.38. The predicted octanol–water partition coefficient (Wildman–Crippen LogP) is 5.77. The fourth-order valence-electron chi connectivity index (χ4n) is 6.38. The Hall–Kier alpha value is -0.120. The van der Waals surface area contributed by atoms with Crippen LogP contribution in [0.5, 0.6) is 0 Å². The Morgan fingerprint density at radius 2 is 0.926 bits per heavy atom. The lowest BCUT2D eigenvalue weighted by molar-refractivity contribution is -0.0798. The molecule has 0 aliphatic heterocycles. The van der Waals surface area contributed by atoms with Gasteiger partial charge < -0.3 is 14.6 Å². The van der Waals surface area contributed by atoms with Gasteiger partial charge >= 0.3 is 0 Å². The Balaban J connectivity index is 1.13.